The Balaban J connectivity index is 1.92. The van der Waals surface area contributed by atoms with E-state index >= 15 is 0 Å². The number of anilines is 2. The van der Waals surface area contributed by atoms with Crippen LogP contribution < -0.4 is 20.1 Å². The molecule has 0 aliphatic rings. The number of carbonyl (C=O) groups excluding carboxylic acids is 3. The number of amides is 2. The molecule has 1 heterocycles. The molecule has 0 bridgehead atoms. The van der Waals surface area contributed by atoms with Crippen LogP contribution in [-0.4, -0.2) is 38.6 Å². The molecule has 0 fully saturated rings. The highest BCUT2D eigenvalue weighted by molar-refractivity contribution is 6.09. The molecule has 0 radical (unpaired) electrons. The number of benzene rings is 2. The van der Waals surface area contributed by atoms with Crippen molar-refractivity contribution in [1.29, 1.82) is 0 Å². The second kappa shape index (κ2) is 10.5. The van der Waals surface area contributed by atoms with E-state index in [1.807, 2.05) is 0 Å². The van der Waals surface area contributed by atoms with Crippen molar-refractivity contribution in [3.63, 3.8) is 0 Å². The van der Waals surface area contributed by atoms with Crippen LogP contribution >= 0.6 is 0 Å². The van der Waals surface area contributed by atoms with Crippen molar-refractivity contribution in [3.05, 3.63) is 71.2 Å². The molecule has 3 aromatic rings. The predicted octanol–water partition coefficient (Wildman–Crippen LogP) is 4.49. The number of nitrogens with one attached hydrogen (secondary N) is 2. The van der Waals surface area contributed by atoms with Gasteiger partial charge in [0.05, 0.1) is 31.7 Å². The Morgan fingerprint density at radius 2 is 1.68 bits per heavy atom. The highest BCUT2D eigenvalue weighted by atomic mass is 19.3. The van der Waals surface area contributed by atoms with Crippen LogP contribution in [0.15, 0.2) is 53.1 Å². The van der Waals surface area contributed by atoms with Crippen molar-refractivity contribution < 1.29 is 41.8 Å². The molecule has 2 N–H and O–H groups in total. The average molecular weight is 474 g/mol. The Kier molecular flexibility index (Phi) is 7.46. The summed E-state index contributed by atoms with van der Waals surface area (Å²) in [4.78, 5) is 37.4. The maximum atomic E-state index is 12.9. The first-order valence-corrected chi connectivity index (χ1v) is 9.75. The summed E-state index contributed by atoms with van der Waals surface area (Å²) in [6, 6.07) is 9.71. The fourth-order valence-electron chi connectivity index (χ4n) is 2.97. The van der Waals surface area contributed by atoms with Crippen LogP contribution in [0.1, 0.15) is 36.8 Å². The minimum atomic E-state index is -3.17. The van der Waals surface area contributed by atoms with Crippen LogP contribution in [0.4, 0.5) is 20.2 Å². The molecule has 0 saturated carbocycles. The fraction of sp³-hybridized carbons (Fsp3) is 0.174. The molecule has 1 aromatic heterocycles. The van der Waals surface area contributed by atoms with Crippen LogP contribution in [0, 0.1) is 6.92 Å². The van der Waals surface area contributed by atoms with E-state index in [1.165, 1.54) is 31.6 Å². The summed E-state index contributed by atoms with van der Waals surface area (Å²) in [6.07, 6.45) is 1.35. The van der Waals surface area contributed by atoms with E-state index in [9.17, 15) is 23.2 Å². The lowest BCUT2D eigenvalue weighted by Crippen LogP contribution is -2.17. The second-order valence-corrected chi connectivity index (χ2v) is 6.83. The molecular weight excluding hydrogens is 454 g/mol. The number of aryl methyl sites for hydroxylation is 1. The minimum Gasteiger partial charge on any atom is -0.493 e. The monoisotopic (exact) mass is 474 g/mol. The summed E-state index contributed by atoms with van der Waals surface area (Å²) in [5, 5.41) is 5.13. The molecule has 0 spiro atoms. The van der Waals surface area contributed by atoms with Gasteiger partial charge in [-0.15, -0.1) is 0 Å². The Morgan fingerprint density at radius 3 is 2.29 bits per heavy atom. The van der Waals surface area contributed by atoms with Crippen LogP contribution in [0.2, 0.25) is 0 Å². The van der Waals surface area contributed by atoms with Gasteiger partial charge in [-0.2, -0.15) is 8.78 Å². The third-order valence-corrected chi connectivity index (χ3v) is 4.67. The van der Waals surface area contributed by atoms with Gasteiger partial charge in [-0.3, -0.25) is 9.59 Å². The number of ether oxygens (including phenoxy) is 3. The first kappa shape index (κ1) is 24.2. The maximum Gasteiger partial charge on any atom is 0.387 e. The first-order valence-electron chi connectivity index (χ1n) is 9.75. The topological polar surface area (TPSA) is 116 Å². The molecule has 178 valence electrons. The van der Waals surface area contributed by atoms with Crippen molar-refractivity contribution in [2.45, 2.75) is 13.5 Å². The highest BCUT2D eigenvalue weighted by Crippen LogP contribution is 2.35. The van der Waals surface area contributed by atoms with Crippen molar-refractivity contribution in [2.24, 2.45) is 0 Å². The van der Waals surface area contributed by atoms with Crippen LogP contribution in [0.5, 0.6) is 11.5 Å². The summed E-state index contributed by atoms with van der Waals surface area (Å²) in [6.45, 7) is -1.44. The van der Waals surface area contributed by atoms with E-state index in [-0.39, 0.29) is 28.3 Å². The van der Waals surface area contributed by atoms with Gasteiger partial charge in [-0.25, -0.2) is 4.79 Å². The first-order chi connectivity index (χ1) is 16.2. The zero-order valence-electron chi connectivity index (χ0n) is 18.3. The van der Waals surface area contributed by atoms with Gasteiger partial charge in [-0.05, 0) is 36.8 Å². The van der Waals surface area contributed by atoms with Gasteiger partial charge in [0.15, 0.2) is 17.3 Å². The SMILES string of the molecule is COC(=O)c1cc(OC)c(OC(F)F)cc1NC(=O)c1ccc(C)c(NC(=O)c2ccco2)c1. The predicted molar refractivity (Wildman–Crippen MR) is 117 cm³/mol. The fourth-order valence-corrected chi connectivity index (χ4v) is 2.97. The number of alkyl halides is 2. The van der Waals surface area contributed by atoms with E-state index in [0.29, 0.717) is 11.3 Å². The Bertz CT molecular complexity index is 1210. The zero-order chi connectivity index (χ0) is 24.8. The van der Waals surface area contributed by atoms with Crippen LogP contribution in [0.25, 0.3) is 0 Å². The Morgan fingerprint density at radius 1 is 0.941 bits per heavy atom. The number of esters is 1. The summed E-state index contributed by atoms with van der Waals surface area (Å²) in [5.74, 6) is -2.50. The third-order valence-electron chi connectivity index (χ3n) is 4.67. The number of carbonyl (C=O) groups is 3. The minimum absolute atomic E-state index is 0.0850. The number of furan rings is 1. The third kappa shape index (κ3) is 5.49. The average Bonchev–Trinajstić information content (AvgIpc) is 3.35. The Labute approximate surface area is 192 Å². The molecule has 3 rings (SSSR count). The molecule has 2 amide bonds. The van der Waals surface area contributed by atoms with Gasteiger partial charge in [0.2, 0.25) is 0 Å². The molecule has 11 heteroatoms. The van der Waals surface area contributed by atoms with Gasteiger partial charge in [0, 0.05) is 23.4 Å². The van der Waals surface area contributed by atoms with Crippen molar-refractivity contribution in [2.75, 3.05) is 24.9 Å². The highest BCUT2D eigenvalue weighted by Gasteiger charge is 2.22. The second-order valence-electron chi connectivity index (χ2n) is 6.83. The Hall–Kier alpha value is -4.41. The molecule has 0 aliphatic carbocycles. The number of halogens is 2. The molecule has 9 nitrogen and oxygen atoms in total. The standard InChI is InChI=1S/C23H20F2N2O7/c1-12-6-7-13(9-15(12)26-21(29)17-5-4-8-33-17)20(28)27-16-11-19(34-23(24)25)18(31-2)10-14(16)22(30)32-3/h4-11,23H,1-3H3,(H,26,29)(H,27,28). The van der Waals surface area contributed by atoms with Crippen molar-refractivity contribution in [1.82, 2.24) is 0 Å². The number of hydrogen-bond acceptors (Lipinski definition) is 7. The molecule has 2 aromatic carbocycles. The summed E-state index contributed by atoms with van der Waals surface area (Å²) >= 11 is 0. The van der Waals surface area contributed by atoms with E-state index in [1.54, 1.807) is 19.1 Å². The lowest BCUT2D eigenvalue weighted by molar-refractivity contribution is -0.0511. The largest absolute Gasteiger partial charge is 0.493 e. The van der Waals surface area contributed by atoms with E-state index in [4.69, 9.17) is 13.9 Å². The van der Waals surface area contributed by atoms with Crippen LogP contribution in [0.3, 0.4) is 0 Å². The zero-order valence-corrected chi connectivity index (χ0v) is 18.3. The smallest absolute Gasteiger partial charge is 0.387 e. The van der Waals surface area contributed by atoms with E-state index < -0.39 is 30.1 Å². The molecule has 0 aliphatic heterocycles. The van der Waals surface area contributed by atoms with Crippen molar-refractivity contribution in [3.8, 4) is 11.5 Å². The lowest BCUT2D eigenvalue weighted by Gasteiger charge is -2.16. The van der Waals surface area contributed by atoms with E-state index in [2.05, 4.69) is 15.4 Å². The number of hydrogen-bond donors (Lipinski definition) is 2. The summed E-state index contributed by atoms with van der Waals surface area (Å²) in [7, 11) is 2.33. The quantitative estimate of drug-likeness (QED) is 0.462. The number of methoxy groups -OCH3 is 2. The van der Waals surface area contributed by atoms with Crippen LogP contribution in [-0.2, 0) is 4.74 Å². The van der Waals surface area contributed by atoms with Gasteiger partial charge >= 0.3 is 12.6 Å². The summed E-state index contributed by atoms with van der Waals surface area (Å²) in [5.41, 5.74) is 0.841. The van der Waals surface area contributed by atoms with Crippen molar-refractivity contribution >= 4 is 29.2 Å². The molecular formula is C23H20F2N2O7. The van der Waals surface area contributed by atoms with Gasteiger partial charge in [-0.1, -0.05) is 6.07 Å². The maximum absolute atomic E-state index is 12.9. The van der Waals surface area contributed by atoms with Gasteiger partial charge < -0.3 is 29.3 Å². The molecule has 0 atom stereocenters. The summed E-state index contributed by atoms with van der Waals surface area (Å²) < 4.78 is 44.8. The molecule has 0 saturated heterocycles. The molecule has 34 heavy (non-hydrogen) atoms. The normalized spacial score (nSPS) is 10.5. The lowest BCUT2D eigenvalue weighted by atomic mass is 10.1. The van der Waals surface area contributed by atoms with Gasteiger partial charge in [0.25, 0.3) is 11.8 Å². The number of rotatable bonds is 8. The van der Waals surface area contributed by atoms with E-state index in [0.717, 1.165) is 19.2 Å². The molecule has 0 unspecified atom stereocenters. The van der Waals surface area contributed by atoms with Gasteiger partial charge in [0.1, 0.15) is 0 Å².